The Morgan fingerprint density at radius 3 is 2.78 bits per heavy atom. The van der Waals surface area contributed by atoms with E-state index < -0.39 is 0 Å². The molecule has 1 unspecified atom stereocenters. The third-order valence-electron chi connectivity index (χ3n) is 4.32. The number of nitrogens with two attached hydrogens (primary N) is 1. The van der Waals surface area contributed by atoms with Crippen LogP contribution in [-0.2, 0) is 9.59 Å². The van der Waals surface area contributed by atoms with Crippen molar-refractivity contribution in [3.63, 3.8) is 0 Å². The predicted octanol–water partition coefficient (Wildman–Crippen LogP) is 0.338. The number of ether oxygens (including phenoxy) is 1. The van der Waals surface area contributed by atoms with Crippen LogP contribution >= 0.6 is 0 Å². The molecule has 122 valence electrons. The van der Waals surface area contributed by atoms with Gasteiger partial charge in [0.25, 0.3) is 5.91 Å². The van der Waals surface area contributed by atoms with E-state index in [9.17, 15) is 9.59 Å². The van der Waals surface area contributed by atoms with Gasteiger partial charge in [-0.1, -0.05) is 18.2 Å². The molecule has 0 aliphatic carbocycles. The molecule has 1 saturated heterocycles. The van der Waals surface area contributed by atoms with Gasteiger partial charge in [-0.2, -0.15) is 0 Å². The fourth-order valence-corrected chi connectivity index (χ4v) is 2.98. The van der Waals surface area contributed by atoms with Gasteiger partial charge in [0.05, 0.1) is 11.5 Å². The highest BCUT2D eigenvalue weighted by molar-refractivity contribution is 5.99. The second kappa shape index (κ2) is 6.42. The minimum atomic E-state index is -0.365. The maximum atomic E-state index is 12.8. The van der Waals surface area contributed by atoms with Crippen molar-refractivity contribution in [1.82, 2.24) is 9.80 Å². The van der Waals surface area contributed by atoms with E-state index in [1.807, 2.05) is 42.3 Å². The molecule has 1 aromatic rings. The van der Waals surface area contributed by atoms with Crippen molar-refractivity contribution in [2.75, 3.05) is 39.8 Å². The number of likely N-dealkylation sites (N-methyl/N-ethyl adjacent to an activating group) is 1. The summed E-state index contributed by atoms with van der Waals surface area (Å²) >= 11 is 0. The van der Waals surface area contributed by atoms with Crippen LogP contribution in [0.2, 0.25) is 0 Å². The van der Waals surface area contributed by atoms with Crippen molar-refractivity contribution >= 4 is 17.9 Å². The third-order valence-corrected chi connectivity index (χ3v) is 4.32. The van der Waals surface area contributed by atoms with E-state index in [0.717, 1.165) is 17.9 Å². The van der Waals surface area contributed by atoms with Gasteiger partial charge in [0.15, 0.2) is 0 Å². The first-order valence-corrected chi connectivity index (χ1v) is 7.74. The van der Waals surface area contributed by atoms with Gasteiger partial charge in [0, 0.05) is 31.7 Å². The lowest BCUT2D eigenvalue weighted by atomic mass is 10.1. The van der Waals surface area contributed by atoms with Crippen molar-refractivity contribution in [3.05, 3.63) is 35.4 Å². The molecule has 0 saturated carbocycles. The monoisotopic (exact) mass is 315 g/mol. The molecule has 0 aromatic heterocycles. The van der Waals surface area contributed by atoms with Gasteiger partial charge >= 0.3 is 0 Å². The summed E-state index contributed by atoms with van der Waals surface area (Å²) in [6.07, 6.45) is 1.87. The molecule has 23 heavy (non-hydrogen) atoms. The molecule has 1 atom stereocenters. The highest BCUT2D eigenvalue weighted by Gasteiger charge is 2.29. The molecule has 0 radical (unpaired) electrons. The molecule has 2 aliphatic rings. The summed E-state index contributed by atoms with van der Waals surface area (Å²) in [5.74, 6) is -0.00432. The van der Waals surface area contributed by atoms with E-state index in [-0.39, 0.29) is 24.3 Å². The molecule has 1 aromatic carbocycles. The summed E-state index contributed by atoms with van der Waals surface area (Å²) in [5.41, 5.74) is 6.97. The van der Waals surface area contributed by atoms with Crippen LogP contribution in [0.25, 0.3) is 6.08 Å². The quantitative estimate of drug-likeness (QED) is 0.854. The molecule has 0 bridgehead atoms. The lowest BCUT2D eigenvalue weighted by Gasteiger charge is -2.25. The number of rotatable bonds is 2. The zero-order valence-corrected chi connectivity index (χ0v) is 13.2. The van der Waals surface area contributed by atoms with Gasteiger partial charge in [0.2, 0.25) is 5.91 Å². The van der Waals surface area contributed by atoms with Gasteiger partial charge in [0.1, 0.15) is 12.4 Å². The van der Waals surface area contributed by atoms with Crippen LogP contribution in [0.15, 0.2) is 29.8 Å². The topological polar surface area (TPSA) is 75.9 Å². The molecule has 3 rings (SSSR count). The van der Waals surface area contributed by atoms with Crippen molar-refractivity contribution in [2.24, 2.45) is 11.7 Å². The molecule has 6 nitrogen and oxygen atoms in total. The summed E-state index contributed by atoms with van der Waals surface area (Å²) in [6.45, 7) is 2.50. The molecule has 2 N–H and O–H groups in total. The summed E-state index contributed by atoms with van der Waals surface area (Å²) in [6, 6.07) is 7.62. The van der Waals surface area contributed by atoms with Crippen LogP contribution < -0.4 is 10.5 Å². The van der Waals surface area contributed by atoms with Gasteiger partial charge in [-0.15, -0.1) is 0 Å². The molecule has 1 fully saturated rings. The van der Waals surface area contributed by atoms with Crippen molar-refractivity contribution in [3.8, 4) is 5.75 Å². The maximum absolute atomic E-state index is 12.8. The Morgan fingerprint density at radius 2 is 2.00 bits per heavy atom. The number of benzene rings is 1. The van der Waals surface area contributed by atoms with Crippen LogP contribution in [0, 0.1) is 5.92 Å². The highest BCUT2D eigenvalue weighted by atomic mass is 16.5. The van der Waals surface area contributed by atoms with Crippen LogP contribution in [0.4, 0.5) is 0 Å². The van der Waals surface area contributed by atoms with Gasteiger partial charge in [-0.25, -0.2) is 0 Å². The lowest BCUT2D eigenvalue weighted by Crippen LogP contribution is -2.41. The van der Waals surface area contributed by atoms with Crippen LogP contribution in [0.3, 0.4) is 0 Å². The Bertz CT molecular complexity index is 656. The zero-order valence-electron chi connectivity index (χ0n) is 13.2. The molecule has 0 spiro atoms. The number of primary amides is 1. The number of carbonyl (C=O) groups excluding carboxylic acids is 2. The number of hydrogen-bond donors (Lipinski definition) is 1. The van der Waals surface area contributed by atoms with Crippen molar-refractivity contribution in [1.29, 1.82) is 0 Å². The van der Waals surface area contributed by atoms with E-state index in [4.69, 9.17) is 10.5 Å². The number of hydrogen-bond acceptors (Lipinski definition) is 4. The number of nitrogens with zero attached hydrogens (tertiary/aromatic N) is 2. The first-order chi connectivity index (χ1) is 11.0. The number of fused-ring (bicyclic) bond motifs is 1. The Balaban J connectivity index is 1.80. The second-order valence-electron chi connectivity index (χ2n) is 6.11. The van der Waals surface area contributed by atoms with Crippen molar-refractivity contribution < 1.29 is 14.3 Å². The Labute approximate surface area is 135 Å². The minimum absolute atomic E-state index is 0.0824. The van der Waals surface area contributed by atoms with E-state index in [1.165, 1.54) is 0 Å². The molecule has 6 heteroatoms. The number of amides is 2. The van der Waals surface area contributed by atoms with E-state index in [2.05, 4.69) is 0 Å². The average Bonchev–Trinajstić information content (AvgIpc) is 2.76. The third kappa shape index (κ3) is 3.37. The molecule has 2 heterocycles. The van der Waals surface area contributed by atoms with Crippen LogP contribution in [0.1, 0.15) is 5.56 Å². The highest BCUT2D eigenvalue weighted by Crippen LogP contribution is 2.26. The van der Waals surface area contributed by atoms with E-state index >= 15 is 0 Å². The minimum Gasteiger partial charge on any atom is -0.488 e. The largest absolute Gasteiger partial charge is 0.488 e. The Kier molecular flexibility index (Phi) is 4.34. The first-order valence-electron chi connectivity index (χ1n) is 7.74. The van der Waals surface area contributed by atoms with Crippen LogP contribution in [-0.4, -0.2) is 61.4 Å². The summed E-state index contributed by atoms with van der Waals surface area (Å²) in [5, 5.41) is 0. The van der Waals surface area contributed by atoms with Crippen LogP contribution in [0.5, 0.6) is 5.75 Å². The second-order valence-corrected chi connectivity index (χ2v) is 6.11. The SMILES string of the molecule is CN1CCN(C(=O)C2=Cc3ccccc3OC2)CC(C(N)=O)C1. The fourth-order valence-electron chi connectivity index (χ4n) is 2.98. The summed E-state index contributed by atoms with van der Waals surface area (Å²) in [4.78, 5) is 28.1. The molecular formula is C17H21N3O3. The van der Waals surface area contributed by atoms with Gasteiger partial charge in [-0.05, 0) is 19.2 Å². The lowest BCUT2D eigenvalue weighted by molar-refractivity contribution is -0.129. The maximum Gasteiger partial charge on any atom is 0.253 e. The Morgan fingerprint density at radius 1 is 1.22 bits per heavy atom. The average molecular weight is 315 g/mol. The van der Waals surface area contributed by atoms with Crippen molar-refractivity contribution in [2.45, 2.75) is 0 Å². The van der Waals surface area contributed by atoms with Gasteiger partial charge < -0.3 is 20.3 Å². The van der Waals surface area contributed by atoms with E-state index in [0.29, 0.717) is 25.2 Å². The van der Waals surface area contributed by atoms with E-state index in [1.54, 1.807) is 4.90 Å². The smallest absolute Gasteiger partial charge is 0.253 e. The van der Waals surface area contributed by atoms with Gasteiger partial charge in [-0.3, -0.25) is 9.59 Å². The Hall–Kier alpha value is -2.34. The first kappa shape index (κ1) is 15.6. The zero-order chi connectivity index (χ0) is 16.4. The number of carbonyl (C=O) groups is 2. The molecule has 2 amide bonds. The normalized spacial score (nSPS) is 21.7. The fraction of sp³-hybridized carbons (Fsp3) is 0.412. The number of para-hydroxylation sites is 1. The molecular weight excluding hydrogens is 294 g/mol. The predicted molar refractivity (Wildman–Crippen MR) is 86.7 cm³/mol. The summed E-state index contributed by atoms with van der Waals surface area (Å²) < 4.78 is 5.66. The standard InChI is InChI=1S/C17H21N3O3/c1-19-6-7-20(10-14(9-19)16(18)21)17(22)13-8-12-4-2-3-5-15(12)23-11-13/h2-5,8,14H,6-7,9-11H2,1H3,(H2,18,21). The molecule has 2 aliphatic heterocycles. The summed E-state index contributed by atoms with van der Waals surface area (Å²) in [7, 11) is 1.93.